The van der Waals surface area contributed by atoms with E-state index in [1.165, 1.54) is 0 Å². The first-order chi connectivity index (χ1) is 13.2. The minimum Gasteiger partial charge on any atom is -0.394 e. The van der Waals surface area contributed by atoms with Crippen LogP contribution in [0.5, 0.6) is 0 Å². The van der Waals surface area contributed by atoms with Crippen molar-refractivity contribution in [3.05, 3.63) is 60.4 Å². The van der Waals surface area contributed by atoms with Crippen molar-refractivity contribution >= 4 is 17.5 Å². The molecule has 7 nitrogen and oxygen atoms in total. The van der Waals surface area contributed by atoms with Crippen LogP contribution in [0.3, 0.4) is 0 Å². The molecule has 1 aromatic heterocycles. The molecule has 1 aromatic carbocycles. The Labute approximate surface area is 157 Å². The molecule has 0 radical (unpaired) electrons. The summed E-state index contributed by atoms with van der Waals surface area (Å²) in [6, 6.07) is 12.2. The number of aliphatic hydroxyl groups excluding tert-OH is 1. The van der Waals surface area contributed by atoms with Gasteiger partial charge in [-0.1, -0.05) is 18.2 Å². The number of benzene rings is 1. The highest BCUT2D eigenvalue weighted by atomic mass is 16.5. The Morgan fingerprint density at radius 3 is 2.56 bits per heavy atom. The molecule has 2 heterocycles. The summed E-state index contributed by atoms with van der Waals surface area (Å²) in [5.74, 6) is -0.369. The average Bonchev–Trinajstić information content (AvgIpc) is 2.70. The zero-order chi connectivity index (χ0) is 19.1. The van der Waals surface area contributed by atoms with Gasteiger partial charge in [-0.3, -0.25) is 14.6 Å². The molecule has 1 aliphatic heterocycles. The topological polar surface area (TPSA) is 101 Å². The molecule has 3 N–H and O–H groups in total. The summed E-state index contributed by atoms with van der Waals surface area (Å²) < 4.78 is 5.86. The summed E-state index contributed by atoms with van der Waals surface area (Å²) in [5, 5.41) is 15.4. The van der Waals surface area contributed by atoms with Crippen LogP contribution < -0.4 is 10.6 Å². The third-order valence-corrected chi connectivity index (χ3v) is 4.53. The maximum Gasteiger partial charge on any atom is 0.251 e. The fourth-order valence-electron chi connectivity index (χ4n) is 3.14. The van der Waals surface area contributed by atoms with Crippen molar-refractivity contribution in [1.29, 1.82) is 0 Å². The van der Waals surface area contributed by atoms with E-state index in [1.807, 2.05) is 30.3 Å². The molecule has 0 bridgehead atoms. The molecule has 0 spiro atoms. The molecule has 1 aliphatic rings. The molecule has 27 heavy (non-hydrogen) atoms. The quantitative estimate of drug-likeness (QED) is 0.720. The molecule has 142 valence electrons. The van der Waals surface area contributed by atoms with E-state index in [0.717, 1.165) is 5.69 Å². The largest absolute Gasteiger partial charge is 0.394 e. The van der Waals surface area contributed by atoms with E-state index < -0.39 is 6.10 Å². The Bertz CT molecular complexity index is 754. The van der Waals surface area contributed by atoms with Crippen LogP contribution in [0.1, 0.15) is 29.6 Å². The minimum absolute atomic E-state index is 0.137. The molecule has 3 rings (SSSR count). The van der Waals surface area contributed by atoms with Gasteiger partial charge in [-0.15, -0.1) is 0 Å². The fraction of sp³-hybridized carbons (Fsp3) is 0.350. The van der Waals surface area contributed by atoms with Crippen LogP contribution in [-0.4, -0.2) is 46.8 Å². The Hall–Kier alpha value is -2.77. The molecule has 2 aromatic rings. The Morgan fingerprint density at radius 2 is 1.85 bits per heavy atom. The summed E-state index contributed by atoms with van der Waals surface area (Å²) in [5.41, 5.74) is 1.24. The Kier molecular flexibility index (Phi) is 6.51. The van der Waals surface area contributed by atoms with Gasteiger partial charge in [0.1, 0.15) is 6.10 Å². The Morgan fingerprint density at radius 1 is 1.11 bits per heavy atom. The van der Waals surface area contributed by atoms with Gasteiger partial charge >= 0.3 is 0 Å². The lowest BCUT2D eigenvalue weighted by atomic mass is 9.96. The standard InChI is InChI=1S/C20H23N3O4/c24-13-18-17(23-20(26)14-8-10-21-11-9-14)7-6-16(27-18)12-19(25)22-15-4-2-1-3-5-15/h1-5,8-11,16-18,24H,6-7,12-13H2,(H,22,25)(H,23,26)/t16-,17+,18-/m0/s1. The first-order valence-electron chi connectivity index (χ1n) is 8.98. The lowest BCUT2D eigenvalue weighted by molar-refractivity contribution is -0.126. The second kappa shape index (κ2) is 9.25. The monoisotopic (exact) mass is 369 g/mol. The molecule has 1 fully saturated rings. The molecule has 2 amide bonds. The predicted molar refractivity (Wildman–Crippen MR) is 100 cm³/mol. The van der Waals surface area contributed by atoms with Gasteiger partial charge in [-0.25, -0.2) is 0 Å². The third-order valence-electron chi connectivity index (χ3n) is 4.53. The summed E-state index contributed by atoms with van der Waals surface area (Å²) in [7, 11) is 0. The van der Waals surface area contributed by atoms with Gasteiger partial charge < -0.3 is 20.5 Å². The lowest BCUT2D eigenvalue weighted by Crippen LogP contribution is -2.51. The molecule has 1 saturated heterocycles. The van der Waals surface area contributed by atoms with Gasteiger partial charge in [0.25, 0.3) is 5.91 Å². The zero-order valence-corrected chi connectivity index (χ0v) is 14.9. The van der Waals surface area contributed by atoms with E-state index in [0.29, 0.717) is 18.4 Å². The maximum atomic E-state index is 12.3. The summed E-state index contributed by atoms with van der Waals surface area (Å²) >= 11 is 0. The molecular formula is C20H23N3O4. The number of nitrogens with zero attached hydrogens (tertiary/aromatic N) is 1. The smallest absolute Gasteiger partial charge is 0.251 e. The zero-order valence-electron chi connectivity index (χ0n) is 14.9. The normalized spacial score (nSPS) is 22.0. The number of rotatable bonds is 6. The molecule has 3 atom stereocenters. The Balaban J connectivity index is 1.51. The average molecular weight is 369 g/mol. The molecule has 0 aliphatic carbocycles. The first kappa shape index (κ1) is 19.0. The van der Waals surface area contributed by atoms with Crippen molar-refractivity contribution in [2.24, 2.45) is 0 Å². The molecular weight excluding hydrogens is 346 g/mol. The molecule has 0 saturated carbocycles. The van der Waals surface area contributed by atoms with E-state index in [4.69, 9.17) is 4.74 Å². The number of anilines is 1. The number of amides is 2. The van der Waals surface area contributed by atoms with Gasteiger partial charge in [-0.05, 0) is 37.1 Å². The van der Waals surface area contributed by atoms with Crippen LogP contribution in [0.2, 0.25) is 0 Å². The SMILES string of the molecule is O=C(C[C@@H]1CC[C@@H](NC(=O)c2ccncc2)[C@H](CO)O1)Nc1ccccc1. The van der Waals surface area contributed by atoms with Crippen molar-refractivity contribution in [1.82, 2.24) is 10.3 Å². The van der Waals surface area contributed by atoms with Gasteiger partial charge in [-0.2, -0.15) is 0 Å². The van der Waals surface area contributed by atoms with Gasteiger partial charge in [0.05, 0.1) is 25.2 Å². The van der Waals surface area contributed by atoms with E-state index in [-0.39, 0.29) is 37.0 Å². The number of nitrogens with one attached hydrogen (secondary N) is 2. The number of pyridine rings is 1. The number of carbonyl (C=O) groups is 2. The number of aromatic nitrogens is 1. The highest BCUT2D eigenvalue weighted by molar-refractivity contribution is 5.94. The number of aliphatic hydroxyl groups is 1. The van der Waals surface area contributed by atoms with E-state index in [9.17, 15) is 14.7 Å². The number of ether oxygens (including phenoxy) is 1. The van der Waals surface area contributed by atoms with Crippen molar-refractivity contribution < 1.29 is 19.4 Å². The number of hydrogen-bond acceptors (Lipinski definition) is 5. The van der Waals surface area contributed by atoms with Crippen molar-refractivity contribution in [2.45, 2.75) is 37.5 Å². The molecule has 7 heteroatoms. The van der Waals surface area contributed by atoms with Crippen LogP contribution in [0.25, 0.3) is 0 Å². The summed E-state index contributed by atoms with van der Waals surface area (Å²) in [4.78, 5) is 28.4. The minimum atomic E-state index is -0.543. The summed E-state index contributed by atoms with van der Waals surface area (Å²) in [6.45, 7) is -0.224. The van der Waals surface area contributed by atoms with Crippen molar-refractivity contribution in [3.8, 4) is 0 Å². The first-order valence-corrected chi connectivity index (χ1v) is 8.98. The highest BCUT2D eigenvalue weighted by Gasteiger charge is 2.33. The van der Waals surface area contributed by atoms with E-state index >= 15 is 0 Å². The van der Waals surface area contributed by atoms with Crippen LogP contribution >= 0.6 is 0 Å². The lowest BCUT2D eigenvalue weighted by Gasteiger charge is -2.36. The van der Waals surface area contributed by atoms with Crippen LogP contribution in [0.4, 0.5) is 5.69 Å². The summed E-state index contributed by atoms with van der Waals surface area (Å²) in [6.07, 6.45) is 3.73. The predicted octanol–water partition coefficient (Wildman–Crippen LogP) is 1.75. The number of carbonyl (C=O) groups excluding carboxylic acids is 2. The van der Waals surface area contributed by atoms with Crippen molar-refractivity contribution in [3.63, 3.8) is 0 Å². The molecule has 0 unspecified atom stereocenters. The second-order valence-electron chi connectivity index (χ2n) is 6.49. The van der Waals surface area contributed by atoms with E-state index in [1.54, 1.807) is 24.5 Å². The van der Waals surface area contributed by atoms with Gasteiger partial charge in [0.15, 0.2) is 0 Å². The van der Waals surface area contributed by atoms with E-state index in [2.05, 4.69) is 15.6 Å². The van der Waals surface area contributed by atoms with Crippen molar-refractivity contribution in [2.75, 3.05) is 11.9 Å². The van der Waals surface area contributed by atoms with Crippen LogP contribution in [-0.2, 0) is 9.53 Å². The van der Waals surface area contributed by atoms with Crippen LogP contribution in [0.15, 0.2) is 54.9 Å². The van der Waals surface area contributed by atoms with Crippen LogP contribution in [0, 0.1) is 0 Å². The number of hydrogen-bond donors (Lipinski definition) is 3. The maximum absolute atomic E-state index is 12.3. The second-order valence-corrected chi connectivity index (χ2v) is 6.49. The number of para-hydroxylation sites is 1. The highest BCUT2D eigenvalue weighted by Crippen LogP contribution is 2.23. The fourth-order valence-corrected chi connectivity index (χ4v) is 3.14. The third kappa shape index (κ3) is 5.35. The van der Waals surface area contributed by atoms with Gasteiger partial charge in [0, 0.05) is 23.6 Å². The van der Waals surface area contributed by atoms with Gasteiger partial charge in [0.2, 0.25) is 5.91 Å².